The van der Waals surface area contributed by atoms with Gasteiger partial charge in [0, 0.05) is 6.42 Å². The quantitative estimate of drug-likeness (QED) is 0.884. The molecule has 1 unspecified atom stereocenters. The minimum atomic E-state index is -0.393. The molecule has 1 N–H and O–H groups in total. The number of hydrogen-bond acceptors (Lipinski definition) is 3. The molecule has 0 aromatic heterocycles. The Morgan fingerprint density at radius 1 is 1.44 bits per heavy atom. The molecule has 0 heterocycles. The number of ether oxygens (including phenoxy) is 1. The fourth-order valence-corrected chi connectivity index (χ4v) is 2.55. The molecular formula is C15H20N2O. The zero-order valence-corrected chi connectivity index (χ0v) is 11.1. The second-order valence-corrected chi connectivity index (χ2v) is 4.93. The minimum absolute atomic E-state index is 0.393. The number of benzene rings is 1. The molecule has 2 rings (SSSR count). The summed E-state index contributed by atoms with van der Waals surface area (Å²) in [6.45, 7) is 3.02. The fraction of sp³-hybridized carbons (Fsp3) is 0.533. The van der Waals surface area contributed by atoms with Crippen molar-refractivity contribution >= 4 is 0 Å². The largest absolute Gasteiger partial charge is 0.497 e. The van der Waals surface area contributed by atoms with Crippen molar-refractivity contribution in [2.24, 2.45) is 0 Å². The van der Waals surface area contributed by atoms with Crippen molar-refractivity contribution < 1.29 is 4.74 Å². The lowest BCUT2D eigenvalue weighted by atomic mass is 9.78. The van der Waals surface area contributed by atoms with Crippen LogP contribution in [0.3, 0.4) is 0 Å². The van der Waals surface area contributed by atoms with Crippen molar-refractivity contribution in [3.63, 3.8) is 0 Å². The van der Waals surface area contributed by atoms with E-state index < -0.39 is 5.54 Å². The molecule has 0 aliphatic heterocycles. The van der Waals surface area contributed by atoms with E-state index in [1.807, 2.05) is 6.07 Å². The van der Waals surface area contributed by atoms with Crippen molar-refractivity contribution in [2.45, 2.75) is 38.1 Å². The van der Waals surface area contributed by atoms with Crippen molar-refractivity contribution in [1.29, 1.82) is 5.26 Å². The molecule has 1 aliphatic carbocycles. The van der Waals surface area contributed by atoms with Gasteiger partial charge in [0.25, 0.3) is 0 Å². The summed E-state index contributed by atoms with van der Waals surface area (Å²) >= 11 is 0. The van der Waals surface area contributed by atoms with Crippen LogP contribution in [-0.4, -0.2) is 19.2 Å². The summed E-state index contributed by atoms with van der Waals surface area (Å²) in [7, 11) is 1.68. The molecule has 0 fully saturated rings. The molecule has 96 valence electrons. The number of rotatable bonds is 4. The minimum Gasteiger partial charge on any atom is -0.497 e. The maximum Gasteiger partial charge on any atom is 0.119 e. The fourth-order valence-electron chi connectivity index (χ4n) is 2.55. The number of fused-ring (bicyclic) bond motifs is 1. The van der Waals surface area contributed by atoms with Gasteiger partial charge in [0.2, 0.25) is 0 Å². The molecule has 1 aliphatic rings. The van der Waals surface area contributed by atoms with Crippen molar-refractivity contribution in [3.05, 3.63) is 29.3 Å². The first-order valence-corrected chi connectivity index (χ1v) is 6.55. The van der Waals surface area contributed by atoms with Gasteiger partial charge in [-0.2, -0.15) is 5.26 Å². The Bertz CT molecular complexity index is 464. The summed E-state index contributed by atoms with van der Waals surface area (Å²) in [4.78, 5) is 0. The number of aryl methyl sites for hydroxylation is 1. The number of hydrogen-bond donors (Lipinski definition) is 1. The highest BCUT2D eigenvalue weighted by Crippen LogP contribution is 2.30. The van der Waals surface area contributed by atoms with E-state index in [1.54, 1.807) is 7.11 Å². The Kier molecular flexibility index (Phi) is 3.88. The van der Waals surface area contributed by atoms with Gasteiger partial charge in [-0.15, -0.1) is 0 Å². The first-order chi connectivity index (χ1) is 8.73. The number of methoxy groups -OCH3 is 1. The van der Waals surface area contributed by atoms with E-state index in [-0.39, 0.29) is 0 Å². The highest BCUT2D eigenvalue weighted by atomic mass is 16.5. The lowest BCUT2D eigenvalue weighted by Gasteiger charge is -2.33. The third-order valence-corrected chi connectivity index (χ3v) is 3.65. The third kappa shape index (κ3) is 2.49. The van der Waals surface area contributed by atoms with E-state index in [0.717, 1.165) is 38.0 Å². The zero-order valence-electron chi connectivity index (χ0n) is 11.1. The smallest absolute Gasteiger partial charge is 0.119 e. The molecule has 0 saturated carbocycles. The molecule has 0 saturated heterocycles. The summed E-state index contributed by atoms with van der Waals surface area (Å²) < 4.78 is 5.26. The monoisotopic (exact) mass is 244 g/mol. The van der Waals surface area contributed by atoms with Crippen LogP contribution < -0.4 is 10.1 Å². The van der Waals surface area contributed by atoms with Crippen LogP contribution in [0.2, 0.25) is 0 Å². The lowest BCUT2D eigenvalue weighted by molar-refractivity contribution is 0.364. The van der Waals surface area contributed by atoms with Gasteiger partial charge in [-0.05, 0) is 49.1 Å². The van der Waals surface area contributed by atoms with Crippen LogP contribution in [0.1, 0.15) is 30.9 Å². The maximum absolute atomic E-state index is 9.48. The molecule has 3 nitrogen and oxygen atoms in total. The second kappa shape index (κ2) is 5.41. The van der Waals surface area contributed by atoms with E-state index in [4.69, 9.17) is 4.74 Å². The molecule has 1 atom stereocenters. The topological polar surface area (TPSA) is 45.0 Å². The van der Waals surface area contributed by atoms with Gasteiger partial charge < -0.3 is 4.74 Å². The Hall–Kier alpha value is -1.53. The van der Waals surface area contributed by atoms with Crippen molar-refractivity contribution in [3.8, 4) is 11.8 Å². The Labute approximate surface area is 109 Å². The number of nitrogens with one attached hydrogen (secondary N) is 1. The molecular weight excluding hydrogens is 224 g/mol. The summed E-state index contributed by atoms with van der Waals surface area (Å²) in [5.41, 5.74) is 2.20. The van der Waals surface area contributed by atoms with Gasteiger partial charge in [0.15, 0.2) is 0 Å². The molecule has 3 heteroatoms. The summed E-state index contributed by atoms with van der Waals surface area (Å²) in [5, 5.41) is 12.9. The number of nitriles is 1. The van der Waals surface area contributed by atoms with Gasteiger partial charge >= 0.3 is 0 Å². The standard InChI is InChI=1S/C15H20N2O/c1-3-8-17-15(11-16)7-6-12-4-5-14(18-2)9-13(12)10-15/h4-5,9,17H,3,6-8,10H2,1-2H3. The zero-order chi connectivity index (χ0) is 13.0. The van der Waals surface area contributed by atoms with Crippen LogP contribution in [-0.2, 0) is 12.8 Å². The molecule has 0 amide bonds. The Morgan fingerprint density at radius 2 is 2.28 bits per heavy atom. The SMILES string of the molecule is CCCNC1(C#N)CCc2ccc(OC)cc2C1. The van der Waals surface area contributed by atoms with Crippen LogP contribution in [0.25, 0.3) is 0 Å². The average molecular weight is 244 g/mol. The van der Waals surface area contributed by atoms with Crippen LogP contribution in [0.5, 0.6) is 5.75 Å². The maximum atomic E-state index is 9.48. The molecule has 1 aromatic rings. The van der Waals surface area contributed by atoms with Crippen molar-refractivity contribution in [2.75, 3.05) is 13.7 Å². The third-order valence-electron chi connectivity index (χ3n) is 3.65. The van der Waals surface area contributed by atoms with E-state index in [0.29, 0.717) is 0 Å². The Morgan fingerprint density at radius 3 is 2.94 bits per heavy atom. The van der Waals surface area contributed by atoms with Crippen LogP contribution >= 0.6 is 0 Å². The Balaban J connectivity index is 2.23. The predicted octanol–water partition coefficient (Wildman–Crippen LogP) is 2.45. The summed E-state index contributed by atoms with van der Waals surface area (Å²) in [5.74, 6) is 0.873. The number of nitrogens with zero attached hydrogens (tertiary/aromatic N) is 1. The highest BCUT2D eigenvalue weighted by Gasteiger charge is 2.33. The van der Waals surface area contributed by atoms with E-state index in [2.05, 4.69) is 30.4 Å². The molecule has 0 spiro atoms. The van der Waals surface area contributed by atoms with Gasteiger partial charge in [0.05, 0.1) is 13.2 Å². The van der Waals surface area contributed by atoms with E-state index in [1.165, 1.54) is 11.1 Å². The average Bonchev–Trinajstić information content (AvgIpc) is 2.44. The van der Waals surface area contributed by atoms with Crippen LogP contribution in [0, 0.1) is 11.3 Å². The van der Waals surface area contributed by atoms with Crippen LogP contribution in [0.4, 0.5) is 0 Å². The molecule has 0 bridgehead atoms. The van der Waals surface area contributed by atoms with Gasteiger partial charge in [-0.3, -0.25) is 5.32 Å². The summed E-state index contributed by atoms with van der Waals surface area (Å²) in [6, 6.07) is 8.66. The van der Waals surface area contributed by atoms with Gasteiger partial charge in [-0.1, -0.05) is 13.0 Å². The predicted molar refractivity (Wildman–Crippen MR) is 71.7 cm³/mol. The first kappa shape index (κ1) is 12.9. The van der Waals surface area contributed by atoms with Crippen LogP contribution in [0.15, 0.2) is 18.2 Å². The second-order valence-electron chi connectivity index (χ2n) is 4.93. The van der Waals surface area contributed by atoms with Gasteiger partial charge in [-0.25, -0.2) is 0 Å². The molecule has 18 heavy (non-hydrogen) atoms. The lowest BCUT2D eigenvalue weighted by Crippen LogP contribution is -2.48. The highest BCUT2D eigenvalue weighted by molar-refractivity contribution is 5.40. The molecule has 0 radical (unpaired) electrons. The first-order valence-electron chi connectivity index (χ1n) is 6.55. The summed E-state index contributed by atoms with van der Waals surface area (Å²) in [6.07, 6.45) is 3.68. The van der Waals surface area contributed by atoms with E-state index in [9.17, 15) is 5.26 Å². The van der Waals surface area contributed by atoms with Crippen molar-refractivity contribution in [1.82, 2.24) is 5.32 Å². The molecule has 1 aromatic carbocycles. The van der Waals surface area contributed by atoms with Gasteiger partial charge in [0.1, 0.15) is 11.3 Å². The normalized spacial score (nSPS) is 22.1. The van der Waals surface area contributed by atoms with E-state index >= 15 is 0 Å².